The molecule has 1 unspecified atom stereocenters. The maximum atomic E-state index is 13.3. The summed E-state index contributed by atoms with van der Waals surface area (Å²) < 4.78 is 5.69. The van der Waals surface area contributed by atoms with Crippen molar-refractivity contribution in [1.29, 1.82) is 5.26 Å². The molecule has 1 N–H and O–H groups in total. The van der Waals surface area contributed by atoms with Crippen LogP contribution in [0.2, 0.25) is 0 Å². The zero-order valence-corrected chi connectivity index (χ0v) is 17.1. The highest BCUT2D eigenvalue weighted by molar-refractivity contribution is 6.10. The molecule has 0 spiro atoms. The highest BCUT2D eigenvalue weighted by Gasteiger charge is 2.23. The van der Waals surface area contributed by atoms with E-state index in [-0.39, 0.29) is 12.5 Å². The van der Waals surface area contributed by atoms with Gasteiger partial charge in [-0.25, -0.2) is 4.98 Å². The van der Waals surface area contributed by atoms with Gasteiger partial charge in [-0.1, -0.05) is 78.9 Å². The molecule has 4 aromatic rings. The Kier molecular flexibility index (Phi) is 5.91. The highest BCUT2D eigenvalue weighted by Crippen LogP contribution is 2.36. The molecule has 1 amide bonds. The fraction of sp³-hybridized carbons (Fsp3) is 0.115. The number of rotatable bonds is 6. The van der Waals surface area contributed by atoms with E-state index in [0.717, 1.165) is 11.1 Å². The van der Waals surface area contributed by atoms with E-state index in [4.69, 9.17) is 9.72 Å². The summed E-state index contributed by atoms with van der Waals surface area (Å²) in [5.41, 5.74) is 3.44. The summed E-state index contributed by atoms with van der Waals surface area (Å²) in [6.45, 7) is 0.194. The van der Waals surface area contributed by atoms with Crippen LogP contribution >= 0.6 is 0 Å². The van der Waals surface area contributed by atoms with Gasteiger partial charge in [0.25, 0.3) is 5.91 Å². The van der Waals surface area contributed by atoms with Gasteiger partial charge in [0.15, 0.2) is 5.75 Å². The number of pyridine rings is 1. The van der Waals surface area contributed by atoms with Crippen molar-refractivity contribution in [3.8, 4) is 23.1 Å². The van der Waals surface area contributed by atoms with Crippen LogP contribution < -0.4 is 10.1 Å². The van der Waals surface area contributed by atoms with Gasteiger partial charge in [-0.05, 0) is 11.6 Å². The van der Waals surface area contributed by atoms with Gasteiger partial charge in [-0.15, -0.1) is 0 Å². The van der Waals surface area contributed by atoms with Crippen LogP contribution in [0.15, 0.2) is 84.9 Å². The van der Waals surface area contributed by atoms with Crippen molar-refractivity contribution in [3.05, 3.63) is 96.1 Å². The molecule has 1 atom stereocenters. The minimum Gasteiger partial charge on any atom is -0.494 e. The number of methoxy groups -OCH3 is 1. The zero-order valence-electron chi connectivity index (χ0n) is 17.1. The van der Waals surface area contributed by atoms with E-state index in [1.54, 1.807) is 0 Å². The lowest BCUT2D eigenvalue weighted by Gasteiger charge is -2.17. The summed E-state index contributed by atoms with van der Waals surface area (Å²) >= 11 is 0. The SMILES string of the molecule is COc1c(-c2ccccc2)nc2ccccc2c1C(=O)NCC(C#N)c1ccccc1. The predicted octanol–water partition coefficient (Wildman–Crippen LogP) is 4.95. The summed E-state index contributed by atoms with van der Waals surface area (Å²) in [4.78, 5) is 18.1. The predicted molar refractivity (Wildman–Crippen MR) is 121 cm³/mol. The molecular formula is C26H21N3O2. The van der Waals surface area contributed by atoms with E-state index in [0.29, 0.717) is 27.9 Å². The van der Waals surface area contributed by atoms with E-state index < -0.39 is 5.92 Å². The Bertz CT molecular complexity index is 1250. The number of nitriles is 1. The summed E-state index contributed by atoms with van der Waals surface area (Å²) in [6, 6.07) is 28.8. The van der Waals surface area contributed by atoms with Gasteiger partial charge in [0, 0.05) is 17.5 Å². The standard InChI is InChI=1S/C26H21N3O2/c1-31-25-23(26(30)28-17-20(16-27)18-10-4-2-5-11-18)21-14-8-9-15-22(21)29-24(25)19-12-6-3-7-13-19/h2-15,20H,17H2,1H3,(H,28,30). The zero-order chi connectivity index (χ0) is 21.6. The average Bonchev–Trinajstić information content (AvgIpc) is 2.84. The lowest BCUT2D eigenvalue weighted by atomic mass is 9.99. The van der Waals surface area contributed by atoms with E-state index >= 15 is 0 Å². The molecule has 0 radical (unpaired) electrons. The number of fused-ring (bicyclic) bond motifs is 1. The lowest BCUT2D eigenvalue weighted by Crippen LogP contribution is -2.28. The maximum Gasteiger partial charge on any atom is 0.255 e. The molecule has 4 rings (SSSR count). The van der Waals surface area contributed by atoms with Crippen molar-refractivity contribution < 1.29 is 9.53 Å². The first-order valence-corrected chi connectivity index (χ1v) is 9.98. The van der Waals surface area contributed by atoms with Crippen molar-refractivity contribution in [2.45, 2.75) is 5.92 Å². The first-order chi connectivity index (χ1) is 15.2. The lowest BCUT2D eigenvalue weighted by molar-refractivity contribution is 0.0951. The smallest absolute Gasteiger partial charge is 0.255 e. The van der Waals surface area contributed by atoms with Crippen LogP contribution in [-0.2, 0) is 0 Å². The number of hydrogen-bond donors (Lipinski definition) is 1. The van der Waals surface area contributed by atoms with Gasteiger partial charge in [-0.2, -0.15) is 5.26 Å². The second kappa shape index (κ2) is 9.10. The summed E-state index contributed by atoms with van der Waals surface area (Å²) in [5, 5.41) is 13.2. The number of aromatic nitrogens is 1. The molecule has 0 fully saturated rings. The third-order valence-electron chi connectivity index (χ3n) is 5.15. The number of nitrogens with zero attached hydrogens (tertiary/aromatic N) is 2. The fourth-order valence-electron chi connectivity index (χ4n) is 3.62. The number of ether oxygens (including phenoxy) is 1. The van der Waals surface area contributed by atoms with Crippen molar-refractivity contribution in [1.82, 2.24) is 10.3 Å². The number of para-hydroxylation sites is 1. The Morgan fingerprint density at radius 2 is 1.65 bits per heavy atom. The van der Waals surface area contributed by atoms with E-state index in [1.807, 2.05) is 84.9 Å². The number of hydrogen-bond acceptors (Lipinski definition) is 4. The monoisotopic (exact) mass is 407 g/mol. The Balaban J connectivity index is 1.75. The Morgan fingerprint density at radius 3 is 2.32 bits per heavy atom. The maximum absolute atomic E-state index is 13.3. The molecule has 31 heavy (non-hydrogen) atoms. The average molecular weight is 407 g/mol. The number of carbonyl (C=O) groups is 1. The first-order valence-electron chi connectivity index (χ1n) is 9.98. The molecule has 1 heterocycles. The van der Waals surface area contributed by atoms with Gasteiger partial charge in [-0.3, -0.25) is 4.79 Å². The largest absolute Gasteiger partial charge is 0.494 e. The molecule has 1 aromatic heterocycles. The van der Waals surface area contributed by atoms with Crippen LogP contribution in [0.5, 0.6) is 5.75 Å². The Morgan fingerprint density at radius 1 is 1.00 bits per heavy atom. The molecule has 0 aliphatic heterocycles. The van der Waals surface area contributed by atoms with Crippen LogP contribution in [0.3, 0.4) is 0 Å². The summed E-state index contributed by atoms with van der Waals surface area (Å²) in [6.07, 6.45) is 0. The van der Waals surface area contributed by atoms with Gasteiger partial charge < -0.3 is 10.1 Å². The fourth-order valence-corrected chi connectivity index (χ4v) is 3.62. The second-order valence-electron chi connectivity index (χ2n) is 7.05. The molecule has 0 saturated heterocycles. The van der Waals surface area contributed by atoms with Crippen molar-refractivity contribution >= 4 is 16.8 Å². The summed E-state index contributed by atoms with van der Waals surface area (Å²) in [5.74, 6) is -0.336. The van der Waals surface area contributed by atoms with Crippen LogP contribution in [0.1, 0.15) is 21.8 Å². The molecule has 0 aliphatic carbocycles. The molecule has 5 heteroatoms. The molecule has 152 valence electrons. The molecule has 5 nitrogen and oxygen atoms in total. The van der Waals surface area contributed by atoms with E-state index in [9.17, 15) is 10.1 Å². The number of amides is 1. The third-order valence-corrected chi connectivity index (χ3v) is 5.15. The number of nitrogens with one attached hydrogen (secondary N) is 1. The first kappa shape index (κ1) is 20.1. The topological polar surface area (TPSA) is 75.0 Å². The third kappa shape index (κ3) is 4.10. The summed E-state index contributed by atoms with van der Waals surface area (Å²) in [7, 11) is 1.54. The molecule has 3 aromatic carbocycles. The quantitative estimate of drug-likeness (QED) is 0.491. The molecule has 0 aliphatic rings. The highest BCUT2D eigenvalue weighted by atomic mass is 16.5. The van der Waals surface area contributed by atoms with Crippen LogP contribution in [0.4, 0.5) is 0 Å². The van der Waals surface area contributed by atoms with Crippen molar-refractivity contribution in [3.63, 3.8) is 0 Å². The van der Waals surface area contributed by atoms with Crippen LogP contribution in [-0.4, -0.2) is 24.5 Å². The van der Waals surface area contributed by atoms with Gasteiger partial charge in [0.1, 0.15) is 5.69 Å². The van der Waals surface area contributed by atoms with Gasteiger partial charge in [0.05, 0.1) is 30.2 Å². The second-order valence-corrected chi connectivity index (χ2v) is 7.05. The minimum absolute atomic E-state index is 0.194. The van der Waals surface area contributed by atoms with Crippen LogP contribution in [0.25, 0.3) is 22.2 Å². The number of benzene rings is 3. The van der Waals surface area contributed by atoms with Gasteiger partial charge in [0.2, 0.25) is 0 Å². The van der Waals surface area contributed by atoms with Crippen molar-refractivity contribution in [2.24, 2.45) is 0 Å². The molecule has 0 saturated carbocycles. The number of carbonyl (C=O) groups excluding carboxylic acids is 1. The van der Waals surface area contributed by atoms with Crippen LogP contribution in [0, 0.1) is 11.3 Å². The Hall–Kier alpha value is -4.17. The Labute approximate surface area is 180 Å². The normalized spacial score (nSPS) is 11.5. The molecular weight excluding hydrogens is 386 g/mol. The van der Waals surface area contributed by atoms with Gasteiger partial charge >= 0.3 is 0 Å². The van der Waals surface area contributed by atoms with Crippen molar-refractivity contribution in [2.75, 3.05) is 13.7 Å². The van der Waals surface area contributed by atoms with E-state index in [1.165, 1.54) is 7.11 Å². The molecule has 0 bridgehead atoms. The van der Waals surface area contributed by atoms with E-state index in [2.05, 4.69) is 11.4 Å². The minimum atomic E-state index is -0.446.